The average Bonchev–Trinajstić information content (AvgIpc) is 2.68. The molecule has 0 aliphatic carbocycles. The number of nitrogens with one attached hydrogen (secondary N) is 1. The Kier molecular flexibility index (Phi) is 6.93. The number of ether oxygens (including phenoxy) is 2. The maximum atomic E-state index is 13.0. The molecule has 1 N–H and O–H groups in total. The van der Waals surface area contributed by atoms with Crippen LogP contribution in [0.15, 0.2) is 65.1 Å². The Labute approximate surface area is 173 Å². The van der Waals surface area contributed by atoms with Crippen molar-refractivity contribution in [3.8, 4) is 11.5 Å². The quantitative estimate of drug-likeness (QED) is 0.431. The predicted octanol–water partition coefficient (Wildman–Crippen LogP) is 6.49. The van der Waals surface area contributed by atoms with Crippen molar-refractivity contribution >= 4 is 21.6 Å². The Hall–Kier alpha value is -2.53. The summed E-state index contributed by atoms with van der Waals surface area (Å²) in [5.74, 6) is 1.13. The largest absolute Gasteiger partial charge is 0.490 e. The summed E-state index contributed by atoms with van der Waals surface area (Å²) in [5, 5.41) is 3.28. The van der Waals surface area contributed by atoms with Crippen LogP contribution in [0.4, 0.5) is 10.1 Å². The van der Waals surface area contributed by atoms with Gasteiger partial charge >= 0.3 is 0 Å². The average molecular weight is 444 g/mol. The summed E-state index contributed by atoms with van der Waals surface area (Å²) in [6, 6.07) is 18.5. The summed E-state index contributed by atoms with van der Waals surface area (Å²) >= 11 is 3.61. The van der Waals surface area contributed by atoms with E-state index >= 15 is 0 Å². The zero-order valence-electron chi connectivity index (χ0n) is 16.0. The molecular weight excluding hydrogens is 421 g/mol. The van der Waals surface area contributed by atoms with E-state index in [1.165, 1.54) is 17.7 Å². The van der Waals surface area contributed by atoms with E-state index in [-0.39, 0.29) is 5.82 Å². The highest BCUT2D eigenvalue weighted by Gasteiger charge is 2.13. The van der Waals surface area contributed by atoms with Crippen LogP contribution in [-0.2, 0) is 13.2 Å². The summed E-state index contributed by atoms with van der Waals surface area (Å²) in [4.78, 5) is 0. The van der Waals surface area contributed by atoms with Crippen LogP contribution in [0.25, 0.3) is 0 Å². The number of anilines is 1. The second-order valence-corrected chi connectivity index (χ2v) is 7.33. The minimum atomic E-state index is -0.248. The van der Waals surface area contributed by atoms with Gasteiger partial charge in [0.05, 0.1) is 11.1 Å². The van der Waals surface area contributed by atoms with Crippen molar-refractivity contribution in [2.75, 3.05) is 11.9 Å². The second kappa shape index (κ2) is 9.60. The molecule has 0 aromatic heterocycles. The Bertz CT molecular complexity index is 911. The number of benzene rings is 3. The van der Waals surface area contributed by atoms with Crippen molar-refractivity contribution in [2.45, 2.75) is 27.0 Å². The number of halogens is 2. The molecule has 0 spiro atoms. The van der Waals surface area contributed by atoms with E-state index in [1.807, 2.05) is 19.1 Å². The van der Waals surface area contributed by atoms with Crippen LogP contribution >= 0.6 is 15.9 Å². The third-order valence-electron chi connectivity index (χ3n) is 4.21. The molecule has 0 atom stereocenters. The first-order valence-corrected chi connectivity index (χ1v) is 9.97. The maximum Gasteiger partial charge on any atom is 0.175 e. The fourth-order valence-electron chi connectivity index (χ4n) is 2.74. The van der Waals surface area contributed by atoms with Gasteiger partial charge in [0.2, 0.25) is 0 Å². The van der Waals surface area contributed by atoms with Crippen LogP contribution in [-0.4, -0.2) is 6.61 Å². The van der Waals surface area contributed by atoms with Crippen LogP contribution in [0.3, 0.4) is 0 Å². The topological polar surface area (TPSA) is 30.5 Å². The maximum absolute atomic E-state index is 13.0. The van der Waals surface area contributed by atoms with E-state index in [1.54, 1.807) is 12.1 Å². The fourth-order valence-corrected chi connectivity index (χ4v) is 3.34. The highest BCUT2D eigenvalue weighted by molar-refractivity contribution is 9.10. The van der Waals surface area contributed by atoms with Gasteiger partial charge in [-0.2, -0.15) is 0 Å². The van der Waals surface area contributed by atoms with Gasteiger partial charge in [-0.1, -0.05) is 29.8 Å². The Morgan fingerprint density at radius 1 is 0.929 bits per heavy atom. The van der Waals surface area contributed by atoms with Crippen LogP contribution in [0, 0.1) is 12.7 Å². The molecule has 3 aromatic rings. The number of hydrogen-bond donors (Lipinski definition) is 1. The molecule has 0 heterocycles. The van der Waals surface area contributed by atoms with Gasteiger partial charge in [-0.15, -0.1) is 0 Å². The molecule has 0 aliphatic rings. The summed E-state index contributed by atoms with van der Waals surface area (Å²) in [7, 11) is 0. The summed E-state index contributed by atoms with van der Waals surface area (Å²) in [6.07, 6.45) is 0. The molecule has 0 amide bonds. The summed E-state index contributed by atoms with van der Waals surface area (Å²) < 4.78 is 25.7. The lowest BCUT2D eigenvalue weighted by Gasteiger charge is -2.16. The zero-order chi connectivity index (χ0) is 19.9. The third-order valence-corrected chi connectivity index (χ3v) is 4.80. The molecule has 3 rings (SSSR count). The van der Waals surface area contributed by atoms with Crippen molar-refractivity contribution < 1.29 is 13.9 Å². The van der Waals surface area contributed by atoms with Gasteiger partial charge in [0.1, 0.15) is 12.4 Å². The molecule has 146 valence electrons. The molecule has 3 aromatic carbocycles. The van der Waals surface area contributed by atoms with E-state index in [0.29, 0.717) is 31.3 Å². The standard InChI is InChI=1S/C23H23BrFNO2/c1-3-27-22-13-18(14-26-20-10-8-19(25)9-11-20)12-21(24)23(22)28-15-17-6-4-16(2)5-7-17/h4-13,26H,3,14-15H2,1-2H3. The number of aryl methyl sites for hydroxylation is 1. The SMILES string of the molecule is CCOc1cc(CNc2ccc(F)cc2)cc(Br)c1OCc1ccc(C)cc1. The molecule has 0 unspecified atom stereocenters. The number of hydrogen-bond acceptors (Lipinski definition) is 3. The first kappa shape index (κ1) is 20.2. The molecule has 0 fully saturated rings. The first-order chi connectivity index (χ1) is 13.5. The summed E-state index contributed by atoms with van der Waals surface area (Å²) in [5.41, 5.74) is 4.21. The van der Waals surface area contributed by atoms with E-state index in [2.05, 4.69) is 52.4 Å². The van der Waals surface area contributed by atoms with Gasteiger partial charge in [0.25, 0.3) is 0 Å². The minimum Gasteiger partial charge on any atom is -0.490 e. The van der Waals surface area contributed by atoms with Crippen LogP contribution < -0.4 is 14.8 Å². The predicted molar refractivity (Wildman–Crippen MR) is 115 cm³/mol. The molecule has 28 heavy (non-hydrogen) atoms. The van der Waals surface area contributed by atoms with Crippen molar-refractivity contribution in [2.24, 2.45) is 0 Å². The van der Waals surface area contributed by atoms with Crippen molar-refractivity contribution in [1.29, 1.82) is 0 Å². The normalized spacial score (nSPS) is 10.6. The van der Waals surface area contributed by atoms with Gasteiger partial charge in [0, 0.05) is 12.2 Å². The van der Waals surface area contributed by atoms with Gasteiger partial charge in [-0.05, 0) is 77.3 Å². The van der Waals surface area contributed by atoms with Gasteiger partial charge < -0.3 is 14.8 Å². The van der Waals surface area contributed by atoms with E-state index in [0.717, 1.165) is 21.3 Å². The number of rotatable bonds is 8. The highest BCUT2D eigenvalue weighted by atomic mass is 79.9. The summed E-state index contributed by atoms with van der Waals surface area (Å²) in [6.45, 7) is 5.60. The highest BCUT2D eigenvalue weighted by Crippen LogP contribution is 2.37. The molecule has 5 heteroatoms. The molecule has 0 saturated heterocycles. The van der Waals surface area contributed by atoms with Gasteiger partial charge in [0.15, 0.2) is 11.5 Å². The second-order valence-electron chi connectivity index (χ2n) is 6.47. The molecule has 3 nitrogen and oxygen atoms in total. The van der Waals surface area contributed by atoms with Crippen LogP contribution in [0.5, 0.6) is 11.5 Å². The smallest absolute Gasteiger partial charge is 0.175 e. The monoisotopic (exact) mass is 443 g/mol. The van der Waals surface area contributed by atoms with E-state index < -0.39 is 0 Å². The lowest BCUT2D eigenvalue weighted by Crippen LogP contribution is -2.04. The lowest BCUT2D eigenvalue weighted by molar-refractivity contribution is 0.267. The van der Waals surface area contributed by atoms with Crippen LogP contribution in [0.1, 0.15) is 23.6 Å². The van der Waals surface area contributed by atoms with Crippen molar-refractivity contribution in [3.05, 3.63) is 87.6 Å². The van der Waals surface area contributed by atoms with Crippen molar-refractivity contribution in [3.63, 3.8) is 0 Å². The minimum absolute atomic E-state index is 0.248. The lowest BCUT2D eigenvalue weighted by atomic mass is 10.1. The Balaban J connectivity index is 1.73. The van der Waals surface area contributed by atoms with E-state index in [9.17, 15) is 4.39 Å². The molecular formula is C23H23BrFNO2. The van der Waals surface area contributed by atoms with Gasteiger partial charge in [-0.3, -0.25) is 0 Å². The molecule has 0 bridgehead atoms. The zero-order valence-corrected chi connectivity index (χ0v) is 17.6. The fraction of sp³-hybridized carbons (Fsp3) is 0.217. The van der Waals surface area contributed by atoms with E-state index in [4.69, 9.17) is 9.47 Å². The van der Waals surface area contributed by atoms with Crippen molar-refractivity contribution in [1.82, 2.24) is 0 Å². The van der Waals surface area contributed by atoms with Gasteiger partial charge in [-0.25, -0.2) is 4.39 Å². The molecule has 0 aliphatic heterocycles. The Morgan fingerprint density at radius 3 is 2.32 bits per heavy atom. The molecule has 0 radical (unpaired) electrons. The Morgan fingerprint density at radius 2 is 1.64 bits per heavy atom. The van der Waals surface area contributed by atoms with Crippen LogP contribution in [0.2, 0.25) is 0 Å². The third kappa shape index (κ3) is 5.49. The molecule has 0 saturated carbocycles. The first-order valence-electron chi connectivity index (χ1n) is 9.18.